The number of alkyl halides is 3. The number of rotatable bonds is 6. The molecule has 9 heteroatoms. The van der Waals surface area contributed by atoms with Gasteiger partial charge < -0.3 is 10.6 Å². The third-order valence-electron chi connectivity index (χ3n) is 2.24. The lowest BCUT2D eigenvalue weighted by atomic mass is 10.3. The number of thioether (sulfide) groups is 1. The summed E-state index contributed by atoms with van der Waals surface area (Å²) in [6.45, 7) is 0.382. The highest BCUT2D eigenvalue weighted by Gasteiger charge is 2.28. The summed E-state index contributed by atoms with van der Waals surface area (Å²) in [7, 11) is -0.895. The van der Waals surface area contributed by atoms with Gasteiger partial charge in [0, 0.05) is 39.9 Å². The maximum absolute atomic E-state index is 12.1. The van der Waals surface area contributed by atoms with Crippen LogP contribution in [0.4, 0.5) is 23.7 Å². The molecule has 1 rings (SSSR count). The number of benzene rings is 1. The van der Waals surface area contributed by atoms with Crippen molar-refractivity contribution < 1.29 is 22.2 Å². The fourth-order valence-electron chi connectivity index (χ4n) is 1.39. The minimum Gasteiger partial charge on any atom is -0.338 e. The average molecular weight is 340 g/mol. The van der Waals surface area contributed by atoms with Crippen LogP contribution in [-0.4, -0.2) is 34.3 Å². The monoisotopic (exact) mass is 340 g/mol. The largest absolute Gasteiger partial charge is 0.446 e. The lowest BCUT2D eigenvalue weighted by Gasteiger charge is -2.09. The van der Waals surface area contributed by atoms with Crippen molar-refractivity contribution in [2.24, 2.45) is 0 Å². The predicted octanol–water partition coefficient (Wildman–Crippen LogP) is 3.19. The first-order chi connectivity index (χ1) is 9.76. The third-order valence-corrected chi connectivity index (χ3v) is 3.84. The number of anilines is 1. The van der Waals surface area contributed by atoms with E-state index >= 15 is 0 Å². The van der Waals surface area contributed by atoms with E-state index in [2.05, 4.69) is 10.6 Å². The number of nitrogens with one attached hydrogen (secondary N) is 2. The fourth-order valence-corrected chi connectivity index (χ4v) is 2.48. The molecule has 118 valence electrons. The zero-order chi connectivity index (χ0) is 15.9. The molecule has 0 saturated carbocycles. The van der Waals surface area contributed by atoms with Crippen molar-refractivity contribution in [1.82, 2.24) is 5.32 Å². The highest BCUT2D eigenvalue weighted by molar-refractivity contribution is 8.00. The van der Waals surface area contributed by atoms with E-state index in [1.165, 1.54) is 24.3 Å². The van der Waals surface area contributed by atoms with Crippen LogP contribution in [0.25, 0.3) is 0 Å². The molecule has 0 aliphatic rings. The Hall–Kier alpha value is -1.22. The van der Waals surface area contributed by atoms with Gasteiger partial charge in [-0.2, -0.15) is 13.2 Å². The molecule has 0 spiro atoms. The van der Waals surface area contributed by atoms with Crippen molar-refractivity contribution in [3.05, 3.63) is 24.3 Å². The van der Waals surface area contributed by atoms with E-state index < -0.39 is 22.3 Å². The number of hydrogen-bond acceptors (Lipinski definition) is 3. The standard InChI is InChI=1S/C12H15F3N2O2S2/c1-21(19)8-2-7-16-11(18)17-9-3-5-10(6-4-9)20-12(13,14)15/h3-6H,2,7-8H2,1H3,(H2,16,17,18)/t21-/m1/s1. The Morgan fingerprint density at radius 3 is 2.43 bits per heavy atom. The minimum absolute atomic E-state index is 0.0545. The summed E-state index contributed by atoms with van der Waals surface area (Å²) < 4.78 is 47.2. The van der Waals surface area contributed by atoms with E-state index in [4.69, 9.17) is 0 Å². The van der Waals surface area contributed by atoms with Gasteiger partial charge in [-0.15, -0.1) is 0 Å². The summed E-state index contributed by atoms with van der Waals surface area (Å²) in [6, 6.07) is 4.92. The van der Waals surface area contributed by atoms with Gasteiger partial charge in [0.05, 0.1) is 0 Å². The molecule has 21 heavy (non-hydrogen) atoms. The molecule has 0 heterocycles. The highest BCUT2D eigenvalue weighted by Crippen LogP contribution is 2.36. The van der Waals surface area contributed by atoms with Crippen LogP contribution in [0.5, 0.6) is 0 Å². The number of carbonyl (C=O) groups excluding carboxylic acids is 1. The van der Waals surface area contributed by atoms with Crippen molar-refractivity contribution in [2.75, 3.05) is 23.9 Å². The quantitative estimate of drug-likeness (QED) is 0.618. The van der Waals surface area contributed by atoms with Gasteiger partial charge in [0.25, 0.3) is 0 Å². The fraction of sp³-hybridized carbons (Fsp3) is 0.417. The van der Waals surface area contributed by atoms with Gasteiger partial charge in [0.2, 0.25) is 0 Å². The average Bonchev–Trinajstić information content (AvgIpc) is 2.35. The van der Waals surface area contributed by atoms with Crippen LogP contribution in [0, 0.1) is 0 Å². The molecule has 1 aromatic rings. The zero-order valence-corrected chi connectivity index (χ0v) is 12.8. The molecule has 0 saturated heterocycles. The molecule has 1 atom stereocenters. The molecule has 0 radical (unpaired) electrons. The first-order valence-electron chi connectivity index (χ1n) is 5.97. The molecule has 0 fully saturated rings. The second kappa shape index (κ2) is 8.28. The summed E-state index contributed by atoms with van der Waals surface area (Å²) >= 11 is -0.209. The third kappa shape index (κ3) is 8.61. The Bertz CT molecular complexity index is 492. The summed E-state index contributed by atoms with van der Waals surface area (Å²) in [5.41, 5.74) is -3.93. The molecule has 2 N–H and O–H groups in total. The first-order valence-corrected chi connectivity index (χ1v) is 8.51. The molecule has 2 amide bonds. The van der Waals surface area contributed by atoms with Crippen molar-refractivity contribution >= 4 is 34.3 Å². The van der Waals surface area contributed by atoms with Gasteiger partial charge in [-0.1, -0.05) is 0 Å². The van der Waals surface area contributed by atoms with Crippen molar-refractivity contribution in [2.45, 2.75) is 16.8 Å². The van der Waals surface area contributed by atoms with Crippen molar-refractivity contribution in [3.63, 3.8) is 0 Å². The summed E-state index contributed by atoms with van der Waals surface area (Å²) in [5.74, 6) is 0.504. The maximum Gasteiger partial charge on any atom is 0.446 e. The SMILES string of the molecule is C[S@@](=O)CCCNC(=O)Nc1ccc(SC(F)(F)F)cc1. The maximum atomic E-state index is 12.1. The molecular weight excluding hydrogens is 325 g/mol. The van der Waals surface area contributed by atoms with Crippen molar-refractivity contribution in [3.8, 4) is 0 Å². The van der Waals surface area contributed by atoms with Crippen LogP contribution in [0.2, 0.25) is 0 Å². The van der Waals surface area contributed by atoms with Gasteiger partial charge in [0.15, 0.2) is 0 Å². The molecular formula is C12H15F3N2O2S2. The Balaban J connectivity index is 2.37. The van der Waals surface area contributed by atoms with Crippen molar-refractivity contribution in [1.29, 1.82) is 0 Å². The van der Waals surface area contributed by atoms with Crippen LogP contribution in [0.15, 0.2) is 29.2 Å². The van der Waals surface area contributed by atoms with Gasteiger partial charge in [-0.25, -0.2) is 4.79 Å². The molecule has 1 aromatic carbocycles. The van der Waals surface area contributed by atoms with Gasteiger partial charge in [-0.3, -0.25) is 4.21 Å². The second-order valence-electron chi connectivity index (χ2n) is 4.08. The van der Waals surface area contributed by atoms with Crippen LogP contribution >= 0.6 is 11.8 Å². The molecule has 0 bridgehead atoms. The summed E-state index contributed by atoms with van der Waals surface area (Å²) in [4.78, 5) is 11.5. The first kappa shape index (κ1) is 17.8. The van der Waals surface area contributed by atoms with E-state index in [0.717, 1.165) is 0 Å². The molecule has 4 nitrogen and oxygen atoms in total. The van der Waals surface area contributed by atoms with E-state index in [0.29, 0.717) is 24.4 Å². The zero-order valence-electron chi connectivity index (χ0n) is 11.2. The van der Waals surface area contributed by atoms with E-state index in [-0.39, 0.29) is 16.7 Å². The van der Waals surface area contributed by atoms with Crippen LogP contribution < -0.4 is 10.6 Å². The smallest absolute Gasteiger partial charge is 0.338 e. The number of urea groups is 1. The number of halogens is 3. The Kier molecular flexibility index (Phi) is 7.03. The number of amides is 2. The lowest BCUT2D eigenvalue weighted by Crippen LogP contribution is -2.30. The molecule has 0 aliphatic heterocycles. The Morgan fingerprint density at radius 2 is 1.90 bits per heavy atom. The lowest BCUT2D eigenvalue weighted by molar-refractivity contribution is -0.0328. The van der Waals surface area contributed by atoms with E-state index in [1.807, 2.05) is 0 Å². The molecule has 0 aliphatic carbocycles. The second-order valence-corrected chi connectivity index (χ2v) is 6.78. The highest BCUT2D eigenvalue weighted by atomic mass is 32.2. The van der Waals surface area contributed by atoms with Gasteiger partial charge in [-0.05, 0) is 42.4 Å². The summed E-state index contributed by atoms with van der Waals surface area (Å²) in [5, 5.41) is 5.07. The van der Waals surface area contributed by atoms with E-state index in [9.17, 15) is 22.2 Å². The molecule has 0 unspecified atom stereocenters. The summed E-state index contributed by atoms with van der Waals surface area (Å²) in [6.07, 6.45) is 2.18. The topological polar surface area (TPSA) is 58.2 Å². The molecule has 0 aromatic heterocycles. The Morgan fingerprint density at radius 1 is 1.29 bits per heavy atom. The van der Waals surface area contributed by atoms with Gasteiger partial charge >= 0.3 is 11.5 Å². The van der Waals surface area contributed by atoms with Gasteiger partial charge in [0.1, 0.15) is 0 Å². The number of carbonyl (C=O) groups is 1. The Labute approximate surface area is 127 Å². The van der Waals surface area contributed by atoms with Crippen LogP contribution in [0.3, 0.4) is 0 Å². The number of hydrogen-bond donors (Lipinski definition) is 2. The predicted molar refractivity (Wildman–Crippen MR) is 78.9 cm³/mol. The minimum atomic E-state index is -4.33. The van der Waals surface area contributed by atoms with E-state index in [1.54, 1.807) is 6.26 Å². The van der Waals surface area contributed by atoms with Crippen LogP contribution in [0.1, 0.15) is 6.42 Å². The van der Waals surface area contributed by atoms with Crippen LogP contribution in [-0.2, 0) is 10.8 Å². The normalized spacial score (nSPS) is 12.8.